The molecule has 1 atom stereocenters. The Bertz CT molecular complexity index is 903. The van der Waals surface area contributed by atoms with Gasteiger partial charge in [0, 0.05) is 17.1 Å². The van der Waals surface area contributed by atoms with Crippen molar-refractivity contribution in [2.45, 2.75) is 33.1 Å². The molecule has 3 rings (SSSR count). The van der Waals surface area contributed by atoms with E-state index < -0.39 is 0 Å². The van der Waals surface area contributed by atoms with Gasteiger partial charge >= 0.3 is 0 Å². The highest BCUT2D eigenvalue weighted by Crippen LogP contribution is 2.25. The van der Waals surface area contributed by atoms with Crippen LogP contribution in [0, 0.1) is 5.92 Å². The lowest BCUT2D eigenvalue weighted by Gasteiger charge is -2.14. The Hall–Kier alpha value is -2.68. The zero-order valence-corrected chi connectivity index (χ0v) is 14.9. The molecule has 0 saturated carbocycles. The van der Waals surface area contributed by atoms with Crippen molar-refractivity contribution >= 4 is 23.1 Å². The number of carbonyl (C=O) groups excluding carboxylic acids is 2. The van der Waals surface area contributed by atoms with Gasteiger partial charge in [-0.25, -0.2) is 0 Å². The molecule has 3 heteroatoms. The van der Waals surface area contributed by atoms with Crippen LogP contribution in [0.1, 0.15) is 53.0 Å². The fraction of sp³-hybridized carbons (Fsp3) is 0.273. The second-order valence-electron chi connectivity index (χ2n) is 6.99. The van der Waals surface area contributed by atoms with Gasteiger partial charge in [-0.3, -0.25) is 14.2 Å². The van der Waals surface area contributed by atoms with Gasteiger partial charge in [0.05, 0.1) is 11.4 Å². The van der Waals surface area contributed by atoms with E-state index in [1.807, 2.05) is 43.3 Å². The van der Waals surface area contributed by atoms with Crippen LogP contribution >= 0.6 is 0 Å². The first-order valence-electron chi connectivity index (χ1n) is 8.69. The summed E-state index contributed by atoms with van der Waals surface area (Å²) >= 11 is 0. The minimum atomic E-state index is -0.275. The van der Waals surface area contributed by atoms with Crippen molar-refractivity contribution in [2.75, 3.05) is 0 Å². The third-order valence-corrected chi connectivity index (χ3v) is 4.60. The fourth-order valence-electron chi connectivity index (χ4n) is 3.25. The molecule has 0 aliphatic rings. The second-order valence-corrected chi connectivity index (χ2v) is 6.99. The highest BCUT2D eigenvalue weighted by molar-refractivity contribution is 6.03. The molecule has 0 radical (unpaired) electrons. The fourth-order valence-corrected chi connectivity index (χ4v) is 3.25. The van der Waals surface area contributed by atoms with Gasteiger partial charge in [0.1, 0.15) is 0 Å². The van der Waals surface area contributed by atoms with E-state index in [1.54, 1.807) is 10.8 Å². The van der Waals surface area contributed by atoms with Crippen molar-refractivity contribution in [3.8, 4) is 0 Å². The number of rotatable bonds is 5. The van der Waals surface area contributed by atoms with Gasteiger partial charge in [0.15, 0.2) is 6.29 Å². The third kappa shape index (κ3) is 3.41. The van der Waals surface area contributed by atoms with Crippen LogP contribution in [0.2, 0.25) is 0 Å². The van der Waals surface area contributed by atoms with Crippen molar-refractivity contribution in [1.29, 1.82) is 0 Å². The topological polar surface area (TPSA) is 39.1 Å². The molecule has 0 fully saturated rings. The highest BCUT2D eigenvalue weighted by Gasteiger charge is 2.20. The molecule has 3 nitrogen and oxygen atoms in total. The lowest BCUT2D eigenvalue weighted by molar-refractivity contribution is 0.0890. The van der Waals surface area contributed by atoms with Crippen LogP contribution in [0.25, 0.3) is 10.9 Å². The molecule has 0 spiro atoms. The maximum absolute atomic E-state index is 13.0. The molecule has 0 amide bonds. The Morgan fingerprint density at radius 3 is 2.36 bits per heavy atom. The van der Waals surface area contributed by atoms with Gasteiger partial charge in [0.2, 0.25) is 5.91 Å². The standard InChI is InChI=1S/C22H23NO2/c1-15(2)12-17-8-10-18(11-9-17)16(3)22(25)23-13-19(14-24)20-6-4-5-7-21(20)23/h4-11,13-16H,12H2,1-3H3/t16-/m1/s1. The molecule has 0 unspecified atom stereocenters. The van der Waals surface area contributed by atoms with Crippen molar-refractivity contribution in [1.82, 2.24) is 4.57 Å². The molecule has 0 N–H and O–H groups in total. The monoisotopic (exact) mass is 333 g/mol. The van der Waals surface area contributed by atoms with Crippen LogP contribution in [-0.4, -0.2) is 16.8 Å². The van der Waals surface area contributed by atoms with Crippen molar-refractivity contribution in [3.05, 3.63) is 71.4 Å². The molecule has 0 aliphatic heterocycles. The number of benzene rings is 2. The number of aldehydes is 1. The minimum absolute atomic E-state index is 0.0269. The lowest BCUT2D eigenvalue weighted by atomic mass is 9.96. The Labute approximate surface area is 148 Å². The van der Waals surface area contributed by atoms with Crippen LogP contribution in [0.4, 0.5) is 0 Å². The van der Waals surface area contributed by atoms with E-state index in [0.29, 0.717) is 11.5 Å². The summed E-state index contributed by atoms with van der Waals surface area (Å²) in [4.78, 5) is 24.3. The number of hydrogen-bond donors (Lipinski definition) is 0. The molecule has 3 aromatic rings. The maximum atomic E-state index is 13.0. The Balaban J connectivity index is 1.91. The molecule has 0 bridgehead atoms. The van der Waals surface area contributed by atoms with Crippen LogP contribution in [0.15, 0.2) is 54.7 Å². The quantitative estimate of drug-likeness (QED) is 0.610. The van der Waals surface area contributed by atoms with Gasteiger partial charge in [-0.2, -0.15) is 0 Å². The normalized spacial score (nSPS) is 12.5. The van der Waals surface area contributed by atoms with Crippen molar-refractivity contribution in [2.24, 2.45) is 5.92 Å². The summed E-state index contributed by atoms with van der Waals surface area (Å²) in [6.45, 7) is 6.30. The van der Waals surface area contributed by atoms with Crippen LogP contribution in [0.3, 0.4) is 0 Å². The van der Waals surface area contributed by atoms with Crippen LogP contribution in [0.5, 0.6) is 0 Å². The van der Waals surface area contributed by atoms with E-state index in [-0.39, 0.29) is 11.8 Å². The summed E-state index contributed by atoms with van der Waals surface area (Å²) in [5, 5.41) is 0.810. The molecule has 1 heterocycles. The molecule has 0 aliphatic carbocycles. The smallest absolute Gasteiger partial charge is 0.238 e. The van der Waals surface area contributed by atoms with Gasteiger partial charge in [-0.05, 0) is 36.5 Å². The summed E-state index contributed by atoms with van der Waals surface area (Å²) in [5.41, 5.74) is 3.59. The molecule has 2 aromatic carbocycles. The SMILES string of the molecule is CC(C)Cc1ccc([C@@H](C)C(=O)n2cc(C=O)c3ccccc32)cc1. The number of hydrogen-bond acceptors (Lipinski definition) is 2. The van der Waals surface area contributed by atoms with E-state index >= 15 is 0 Å². The molecular weight excluding hydrogens is 310 g/mol. The number of aromatic nitrogens is 1. The van der Waals surface area contributed by atoms with Gasteiger partial charge in [-0.15, -0.1) is 0 Å². The van der Waals surface area contributed by atoms with Gasteiger partial charge < -0.3 is 0 Å². The molecular formula is C22H23NO2. The van der Waals surface area contributed by atoms with E-state index in [4.69, 9.17) is 0 Å². The van der Waals surface area contributed by atoms with Crippen LogP contribution in [-0.2, 0) is 6.42 Å². The largest absolute Gasteiger partial charge is 0.298 e. The van der Waals surface area contributed by atoms with Crippen LogP contribution < -0.4 is 0 Å². The Morgan fingerprint density at radius 2 is 1.72 bits per heavy atom. The van der Waals surface area contributed by atoms with E-state index in [9.17, 15) is 9.59 Å². The zero-order chi connectivity index (χ0) is 18.0. The Morgan fingerprint density at radius 1 is 1.04 bits per heavy atom. The predicted octanol–water partition coefficient (Wildman–Crippen LogP) is 5.10. The van der Waals surface area contributed by atoms with E-state index in [2.05, 4.69) is 26.0 Å². The minimum Gasteiger partial charge on any atom is -0.298 e. The predicted molar refractivity (Wildman–Crippen MR) is 101 cm³/mol. The van der Waals surface area contributed by atoms with Crippen molar-refractivity contribution < 1.29 is 9.59 Å². The lowest BCUT2D eigenvalue weighted by Crippen LogP contribution is -2.17. The maximum Gasteiger partial charge on any atom is 0.238 e. The summed E-state index contributed by atoms with van der Waals surface area (Å²) in [5.74, 6) is 0.308. The molecule has 25 heavy (non-hydrogen) atoms. The van der Waals surface area contributed by atoms with Crippen molar-refractivity contribution in [3.63, 3.8) is 0 Å². The summed E-state index contributed by atoms with van der Waals surface area (Å²) < 4.78 is 1.60. The average Bonchev–Trinajstić information content (AvgIpc) is 2.99. The van der Waals surface area contributed by atoms with Gasteiger partial charge in [-0.1, -0.05) is 56.3 Å². The van der Waals surface area contributed by atoms with E-state index in [1.165, 1.54) is 5.56 Å². The third-order valence-electron chi connectivity index (χ3n) is 4.60. The summed E-state index contributed by atoms with van der Waals surface area (Å²) in [7, 11) is 0. The number of carbonyl (C=O) groups is 2. The molecule has 128 valence electrons. The van der Waals surface area contributed by atoms with E-state index in [0.717, 1.165) is 29.2 Å². The summed E-state index contributed by atoms with van der Waals surface area (Å²) in [6, 6.07) is 15.8. The number of para-hydroxylation sites is 1. The Kier molecular flexibility index (Phi) is 4.84. The average molecular weight is 333 g/mol. The van der Waals surface area contributed by atoms with Gasteiger partial charge in [0.25, 0.3) is 0 Å². The molecule has 1 aromatic heterocycles. The molecule has 0 saturated heterocycles. The highest BCUT2D eigenvalue weighted by atomic mass is 16.2. The summed E-state index contributed by atoms with van der Waals surface area (Å²) in [6.07, 6.45) is 3.48. The first-order valence-corrected chi connectivity index (χ1v) is 8.69. The zero-order valence-electron chi connectivity index (χ0n) is 14.9. The first-order chi connectivity index (χ1) is 12.0. The number of fused-ring (bicyclic) bond motifs is 1. The second kappa shape index (κ2) is 7.06. The number of nitrogens with zero attached hydrogens (tertiary/aromatic N) is 1. The first kappa shape index (κ1) is 17.2.